The van der Waals surface area contributed by atoms with Gasteiger partial charge < -0.3 is 4.52 Å². The average Bonchev–Trinajstić information content (AvgIpc) is 3.14. The standard InChI is InChI=1S/C23H21N5O3/c1-15-7-6-10-18(11-15)13-24-25-20(29)14-28-23(30)21-16(2)27-31-22(21)19(26-28)12-17-8-4-3-5-9-17/h3-11,13H,12,14H2,1-2H3,(H,25,29)/b24-13+. The van der Waals surface area contributed by atoms with Gasteiger partial charge in [-0.15, -0.1) is 0 Å². The molecule has 2 aromatic carbocycles. The van der Waals surface area contributed by atoms with Crippen LogP contribution in [0.2, 0.25) is 0 Å². The third kappa shape index (κ3) is 4.58. The van der Waals surface area contributed by atoms with Crippen LogP contribution < -0.4 is 11.0 Å². The number of aryl methyl sites for hydroxylation is 2. The highest BCUT2D eigenvalue weighted by Crippen LogP contribution is 2.19. The van der Waals surface area contributed by atoms with Gasteiger partial charge in [0.25, 0.3) is 11.5 Å². The molecule has 8 nitrogen and oxygen atoms in total. The van der Waals surface area contributed by atoms with E-state index >= 15 is 0 Å². The highest BCUT2D eigenvalue weighted by atomic mass is 16.5. The molecule has 1 N–H and O–H groups in total. The monoisotopic (exact) mass is 415 g/mol. The Morgan fingerprint density at radius 1 is 1.16 bits per heavy atom. The molecule has 0 bridgehead atoms. The Hall–Kier alpha value is -4.07. The van der Waals surface area contributed by atoms with E-state index in [1.165, 1.54) is 0 Å². The Kier molecular flexibility index (Phi) is 5.70. The number of rotatable bonds is 6. The van der Waals surface area contributed by atoms with Gasteiger partial charge in [-0.2, -0.15) is 10.2 Å². The number of hydrazone groups is 1. The topological polar surface area (TPSA) is 102 Å². The lowest BCUT2D eigenvalue weighted by molar-refractivity contribution is -0.121. The summed E-state index contributed by atoms with van der Waals surface area (Å²) in [6.45, 7) is 3.40. The van der Waals surface area contributed by atoms with Gasteiger partial charge in [0.05, 0.1) is 11.9 Å². The number of hydrogen-bond donors (Lipinski definition) is 1. The molecule has 0 aliphatic carbocycles. The molecule has 2 aromatic heterocycles. The molecular weight excluding hydrogens is 394 g/mol. The summed E-state index contributed by atoms with van der Waals surface area (Å²) in [5.74, 6) is -0.461. The van der Waals surface area contributed by atoms with Crippen LogP contribution in [-0.2, 0) is 17.8 Å². The predicted octanol–water partition coefficient (Wildman–Crippen LogP) is 2.74. The Balaban J connectivity index is 1.58. The molecular formula is C23H21N5O3. The number of carbonyl (C=O) groups is 1. The van der Waals surface area contributed by atoms with E-state index in [0.29, 0.717) is 28.8 Å². The molecule has 8 heteroatoms. The van der Waals surface area contributed by atoms with Crippen molar-refractivity contribution in [1.82, 2.24) is 20.4 Å². The van der Waals surface area contributed by atoms with Gasteiger partial charge in [-0.25, -0.2) is 10.1 Å². The van der Waals surface area contributed by atoms with Crippen molar-refractivity contribution in [3.05, 3.63) is 93.0 Å². The second-order valence-corrected chi connectivity index (χ2v) is 7.25. The molecule has 0 unspecified atom stereocenters. The van der Waals surface area contributed by atoms with E-state index in [4.69, 9.17) is 4.52 Å². The van der Waals surface area contributed by atoms with Crippen LogP contribution in [0.4, 0.5) is 0 Å². The lowest BCUT2D eigenvalue weighted by atomic mass is 10.1. The number of nitrogens with one attached hydrogen (secondary N) is 1. The fourth-order valence-corrected chi connectivity index (χ4v) is 3.30. The van der Waals surface area contributed by atoms with E-state index in [1.54, 1.807) is 13.1 Å². The molecule has 31 heavy (non-hydrogen) atoms. The lowest BCUT2D eigenvalue weighted by Gasteiger charge is -2.07. The highest BCUT2D eigenvalue weighted by Gasteiger charge is 2.19. The van der Waals surface area contributed by atoms with Crippen LogP contribution in [0, 0.1) is 13.8 Å². The first-order valence-electron chi connectivity index (χ1n) is 9.80. The van der Waals surface area contributed by atoms with Crippen molar-refractivity contribution in [3.8, 4) is 0 Å². The number of nitrogens with zero attached hydrogens (tertiary/aromatic N) is 4. The first kappa shape index (κ1) is 20.2. The molecule has 4 rings (SSSR count). The van der Waals surface area contributed by atoms with Gasteiger partial charge in [0.1, 0.15) is 17.6 Å². The first-order valence-corrected chi connectivity index (χ1v) is 9.80. The van der Waals surface area contributed by atoms with E-state index < -0.39 is 11.5 Å². The smallest absolute Gasteiger partial charge is 0.280 e. The molecule has 0 saturated carbocycles. The second-order valence-electron chi connectivity index (χ2n) is 7.25. The van der Waals surface area contributed by atoms with Gasteiger partial charge >= 0.3 is 0 Å². The van der Waals surface area contributed by atoms with Crippen LogP contribution in [0.3, 0.4) is 0 Å². The minimum Gasteiger partial charge on any atom is -0.354 e. The van der Waals surface area contributed by atoms with E-state index in [0.717, 1.165) is 21.4 Å². The molecule has 0 aliphatic rings. The minimum absolute atomic E-state index is 0.271. The summed E-state index contributed by atoms with van der Waals surface area (Å²) in [4.78, 5) is 25.3. The van der Waals surface area contributed by atoms with Crippen molar-refractivity contribution in [1.29, 1.82) is 0 Å². The largest absolute Gasteiger partial charge is 0.354 e. The molecule has 0 fully saturated rings. The van der Waals surface area contributed by atoms with Gasteiger partial charge in [-0.05, 0) is 25.0 Å². The van der Waals surface area contributed by atoms with E-state index in [2.05, 4.69) is 20.8 Å². The summed E-state index contributed by atoms with van der Waals surface area (Å²) in [7, 11) is 0. The maximum atomic E-state index is 12.9. The van der Waals surface area contributed by atoms with Crippen molar-refractivity contribution in [2.75, 3.05) is 0 Å². The van der Waals surface area contributed by atoms with Crippen LogP contribution in [0.15, 0.2) is 69.0 Å². The summed E-state index contributed by atoms with van der Waals surface area (Å²) >= 11 is 0. The molecule has 0 aliphatic heterocycles. The van der Waals surface area contributed by atoms with Crippen molar-refractivity contribution < 1.29 is 9.32 Å². The third-order valence-corrected chi connectivity index (χ3v) is 4.77. The lowest BCUT2D eigenvalue weighted by Crippen LogP contribution is -2.32. The van der Waals surface area contributed by atoms with Crippen molar-refractivity contribution in [3.63, 3.8) is 0 Å². The zero-order valence-electron chi connectivity index (χ0n) is 17.2. The van der Waals surface area contributed by atoms with Gasteiger partial charge in [0, 0.05) is 6.42 Å². The maximum absolute atomic E-state index is 12.9. The highest BCUT2D eigenvalue weighted by molar-refractivity contribution is 5.83. The van der Waals surface area contributed by atoms with Crippen LogP contribution in [0.1, 0.15) is 28.1 Å². The Labute approximate surface area is 178 Å². The Morgan fingerprint density at radius 2 is 1.97 bits per heavy atom. The van der Waals surface area contributed by atoms with Crippen LogP contribution in [-0.4, -0.2) is 27.1 Å². The van der Waals surface area contributed by atoms with Gasteiger partial charge in [-0.1, -0.05) is 65.3 Å². The zero-order valence-corrected chi connectivity index (χ0v) is 17.2. The quantitative estimate of drug-likeness (QED) is 0.385. The molecule has 0 radical (unpaired) electrons. The second kappa shape index (κ2) is 8.74. The summed E-state index contributed by atoms with van der Waals surface area (Å²) < 4.78 is 6.49. The molecule has 2 heterocycles. The van der Waals surface area contributed by atoms with Gasteiger partial charge in [-0.3, -0.25) is 9.59 Å². The SMILES string of the molecule is Cc1cccc(/C=N/NC(=O)Cn2nc(Cc3ccccc3)c3onc(C)c3c2=O)c1. The normalized spacial score (nSPS) is 11.3. The van der Waals surface area contributed by atoms with Crippen molar-refractivity contribution >= 4 is 23.1 Å². The minimum atomic E-state index is -0.461. The van der Waals surface area contributed by atoms with Crippen LogP contribution in [0.5, 0.6) is 0 Å². The third-order valence-electron chi connectivity index (χ3n) is 4.77. The first-order chi connectivity index (χ1) is 15.0. The zero-order chi connectivity index (χ0) is 21.8. The number of fused-ring (bicyclic) bond motifs is 1. The van der Waals surface area contributed by atoms with E-state index in [1.807, 2.05) is 61.5 Å². The maximum Gasteiger partial charge on any atom is 0.280 e. The molecule has 4 aromatic rings. The van der Waals surface area contributed by atoms with E-state index in [9.17, 15) is 9.59 Å². The molecule has 0 atom stereocenters. The molecule has 0 saturated heterocycles. The van der Waals surface area contributed by atoms with Crippen LogP contribution >= 0.6 is 0 Å². The number of benzene rings is 2. The van der Waals surface area contributed by atoms with Gasteiger partial charge in [0.2, 0.25) is 0 Å². The molecule has 0 spiro atoms. The number of hydrogen-bond acceptors (Lipinski definition) is 6. The fraction of sp³-hybridized carbons (Fsp3) is 0.174. The van der Waals surface area contributed by atoms with E-state index in [-0.39, 0.29) is 6.54 Å². The van der Waals surface area contributed by atoms with Crippen molar-refractivity contribution in [2.24, 2.45) is 5.10 Å². The predicted molar refractivity (Wildman–Crippen MR) is 117 cm³/mol. The van der Waals surface area contributed by atoms with Crippen molar-refractivity contribution in [2.45, 2.75) is 26.8 Å². The number of carbonyl (C=O) groups excluding carboxylic acids is 1. The Morgan fingerprint density at radius 3 is 2.74 bits per heavy atom. The molecule has 1 amide bonds. The number of aromatic nitrogens is 3. The summed E-state index contributed by atoms with van der Waals surface area (Å²) in [6, 6.07) is 17.4. The average molecular weight is 415 g/mol. The summed E-state index contributed by atoms with van der Waals surface area (Å²) in [6.07, 6.45) is 1.99. The van der Waals surface area contributed by atoms with Crippen LogP contribution in [0.25, 0.3) is 11.0 Å². The summed E-state index contributed by atoms with van der Waals surface area (Å²) in [5.41, 5.74) is 6.32. The fourth-order valence-electron chi connectivity index (χ4n) is 3.30. The van der Waals surface area contributed by atoms with Gasteiger partial charge in [0.15, 0.2) is 5.58 Å². The number of amides is 1. The molecule has 156 valence electrons. The Bertz CT molecular complexity index is 1320. The summed E-state index contributed by atoms with van der Waals surface area (Å²) in [5, 5.41) is 12.6.